The molecule has 0 radical (unpaired) electrons. The first kappa shape index (κ1) is 18.4. The van der Waals surface area contributed by atoms with E-state index < -0.39 is 0 Å². The predicted octanol–water partition coefficient (Wildman–Crippen LogP) is 5.22. The lowest BCUT2D eigenvalue weighted by Gasteiger charge is -2.05. The second-order valence-electron chi connectivity index (χ2n) is 4.71. The summed E-state index contributed by atoms with van der Waals surface area (Å²) in [6.07, 6.45) is 11.4. The fraction of sp³-hybridized carbons (Fsp3) is 0.929. The molecule has 108 valence electrons. The topological polar surface area (TPSA) is 26.3 Å². The maximum atomic E-state index is 10.5. The number of alkyl halides is 2. The van der Waals surface area contributed by atoms with Gasteiger partial charge in [-0.3, -0.25) is 4.79 Å². The van der Waals surface area contributed by atoms with Gasteiger partial charge >= 0.3 is 5.97 Å². The van der Waals surface area contributed by atoms with E-state index in [2.05, 4.69) is 31.9 Å². The largest absolute Gasteiger partial charge is 0.466 e. The van der Waals surface area contributed by atoms with Gasteiger partial charge in [-0.15, -0.1) is 0 Å². The summed E-state index contributed by atoms with van der Waals surface area (Å²) in [4.78, 5) is 11.2. The number of halogens is 2. The maximum Gasteiger partial charge on any atom is 0.302 e. The average molecular weight is 386 g/mol. The van der Waals surface area contributed by atoms with Gasteiger partial charge in [0.05, 0.1) is 6.61 Å². The standard InChI is InChI=1S/C14H26Br2O2/c1-13(17)18-11-9-7-5-3-2-4-6-8-10-14(16)12-15/h14H,2-12H2,1H3. The number of hydrogen-bond acceptors (Lipinski definition) is 2. The van der Waals surface area contributed by atoms with Crippen molar-refractivity contribution in [2.45, 2.75) is 69.5 Å². The predicted molar refractivity (Wildman–Crippen MR) is 84.7 cm³/mol. The van der Waals surface area contributed by atoms with Gasteiger partial charge in [0, 0.05) is 17.1 Å². The Morgan fingerprint density at radius 3 is 2.00 bits per heavy atom. The molecule has 0 aliphatic rings. The van der Waals surface area contributed by atoms with Crippen molar-refractivity contribution in [3.8, 4) is 0 Å². The zero-order valence-electron chi connectivity index (χ0n) is 11.4. The van der Waals surface area contributed by atoms with Crippen LogP contribution in [0.3, 0.4) is 0 Å². The molecule has 0 heterocycles. The maximum absolute atomic E-state index is 10.5. The van der Waals surface area contributed by atoms with E-state index >= 15 is 0 Å². The summed E-state index contributed by atoms with van der Waals surface area (Å²) in [5.41, 5.74) is 0. The molecule has 4 heteroatoms. The van der Waals surface area contributed by atoms with Gasteiger partial charge in [-0.1, -0.05) is 76.8 Å². The highest BCUT2D eigenvalue weighted by atomic mass is 79.9. The van der Waals surface area contributed by atoms with Crippen LogP contribution < -0.4 is 0 Å². The van der Waals surface area contributed by atoms with E-state index in [0.717, 1.165) is 11.8 Å². The Hall–Kier alpha value is 0.430. The van der Waals surface area contributed by atoms with E-state index in [-0.39, 0.29) is 5.97 Å². The Labute approximate surface area is 128 Å². The van der Waals surface area contributed by atoms with Crippen molar-refractivity contribution in [2.75, 3.05) is 11.9 Å². The van der Waals surface area contributed by atoms with Crippen molar-refractivity contribution in [2.24, 2.45) is 0 Å². The van der Waals surface area contributed by atoms with Crippen LogP contribution in [-0.4, -0.2) is 22.7 Å². The first-order valence-electron chi connectivity index (χ1n) is 7.00. The average Bonchev–Trinajstić information content (AvgIpc) is 2.35. The quantitative estimate of drug-likeness (QED) is 0.261. The molecule has 0 aliphatic heterocycles. The number of carbonyl (C=O) groups excluding carboxylic acids is 1. The van der Waals surface area contributed by atoms with Gasteiger partial charge in [0.1, 0.15) is 0 Å². The molecule has 2 nitrogen and oxygen atoms in total. The molecule has 0 N–H and O–H groups in total. The number of ether oxygens (including phenoxy) is 1. The summed E-state index contributed by atoms with van der Waals surface area (Å²) in [6.45, 7) is 2.06. The molecule has 0 rings (SSSR count). The Bertz CT molecular complexity index is 198. The summed E-state index contributed by atoms with van der Waals surface area (Å²) in [6, 6.07) is 0. The second kappa shape index (κ2) is 13.9. The van der Waals surface area contributed by atoms with E-state index in [0.29, 0.717) is 11.4 Å². The third-order valence-electron chi connectivity index (χ3n) is 2.88. The van der Waals surface area contributed by atoms with E-state index in [1.807, 2.05) is 0 Å². The van der Waals surface area contributed by atoms with Crippen LogP contribution in [0.2, 0.25) is 0 Å². The highest BCUT2D eigenvalue weighted by molar-refractivity contribution is 9.12. The van der Waals surface area contributed by atoms with Crippen LogP contribution >= 0.6 is 31.9 Å². The highest BCUT2D eigenvalue weighted by Crippen LogP contribution is 2.15. The molecule has 18 heavy (non-hydrogen) atoms. The summed E-state index contributed by atoms with van der Waals surface area (Å²) in [5.74, 6) is -0.163. The minimum Gasteiger partial charge on any atom is -0.466 e. The lowest BCUT2D eigenvalue weighted by molar-refractivity contribution is -0.141. The molecule has 0 saturated heterocycles. The molecular formula is C14H26Br2O2. The van der Waals surface area contributed by atoms with Crippen molar-refractivity contribution >= 4 is 37.8 Å². The zero-order valence-corrected chi connectivity index (χ0v) is 14.6. The van der Waals surface area contributed by atoms with Crippen molar-refractivity contribution in [1.82, 2.24) is 0 Å². The Balaban J connectivity index is 3.01. The molecular weight excluding hydrogens is 360 g/mol. The van der Waals surface area contributed by atoms with E-state index in [1.54, 1.807) is 0 Å². The van der Waals surface area contributed by atoms with Crippen molar-refractivity contribution < 1.29 is 9.53 Å². The van der Waals surface area contributed by atoms with E-state index in [4.69, 9.17) is 4.74 Å². The molecule has 0 aliphatic carbocycles. The minimum atomic E-state index is -0.163. The van der Waals surface area contributed by atoms with Gasteiger partial charge in [0.15, 0.2) is 0 Å². The molecule has 0 spiro atoms. The Morgan fingerprint density at radius 2 is 1.50 bits per heavy atom. The first-order chi connectivity index (χ1) is 8.66. The summed E-state index contributed by atoms with van der Waals surface area (Å²) >= 11 is 7.09. The van der Waals surface area contributed by atoms with Gasteiger partial charge in [0.25, 0.3) is 0 Å². The van der Waals surface area contributed by atoms with Crippen LogP contribution in [0, 0.1) is 0 Å². The number of rotatable bonds is 12. The molecule has 0 saturated carbocycles. The van der Waals surface area contributed by atoms with Crippen LogP contribution in [-0.2, 0) is 9.53 Å². The molecule has 0 bridgehead atoms. The zero-order chi connectivity index (χ0) is 13.6. The van der Waals surface area contributed by atoms with E-state index in [9.17, 15) is 4.79 Å². The van der Waals surface area contributed by atoms with Gasteiger partial charge in [-0.25, -0.2) is 0 Å². The molecule has 0 aromatic carbocycles. The van der Waals surface area contributed by atoms with Crippen LogP contribution in [0.15, 0.2) is 0 Å². The Morgan fingerprint density at radius 1 is 1.00 bits per heavy atom. The van der Waals surface area contributed by atoms with Gasteiger partial charge in [-0.05, 0) is 12.8 Å². The molecule has 0 amide bonds. The van der Waals surface area contributed by atoms with Crippen LogP contribution in [0.4, 0.5) is 0 Å². The summed E-state index contributed by atoms with van der Waals surface area (Å²) in [5, 5.41) is 1.05. The van der Waals surface area contributed by atoms with Crippen molar-refractivity contribution in [3.63, 3.8) is 0 Å². The van der Waals surface area contributed by atoms with Gasteiger partial charge < -0.3 is 4.74 Å². The van der Waals surface area contributed by atoms with Crippen LogP contribution in [0.5, 0.6) is 0 Å². The molecule has 1 unspecified atom stereocenters. The molecule has 1 atom stereocenters. The number of unbranched alkanes of at least 4 members (excludes halogenated alkanes) is 7. The lowest BCUT2D eigenvalue weighted by atomic mass is 10.1. The Kier molecular flexibility index (Phi) is 14.2. The lowest BCUT2D eigenvalue weighted by Crippen LogP contribution is -2.00. The van der Waals surface area contributed by atoms with E-state index in [1.165, 1.54) is 58.3 Å². The number of esters is 1. The monoisotopic (exact) mass is 384 g/mol. The van der Waals surface area contributed by atoms with Crippen molar-refractivity contribution in [3.05, 3.63) is 0 Å². The smallest absolute Gasteiger partial charge is 0.302 e. The summed E-state index contributed by atoms with van der Waals surface area (Å²) in [7, 11) is 0. The number of hydrogen-bond donors (Lipinski definition) is 0. The van der Waals surface area contributed by atoms with Gasteiger partial charge in [-0.2, -0.15) is 0 Å². The molecule has 0 aromatic heterocycles. The fourth-order valence-electron chi connectivity index (χ4n) is 1.82. The summed E-state index contributed by atoms with van der Waals surface area (Å²) < 4.78 is 4.89. The first-order valence-corrected chi connectivity index (χ1v) is 9.04. The third kappa shape index (κ3) is 14.5. The number of carbonyl (C=O) groups is 1. The normalized spacial score (nSPS) is 12.4. The van der Waals surface area contributed by atoms with Crippen LogP contribution in [0.1, 0.15) is 64.7 Å². The van der Waals surface area contributed by atoms with Gasteiger partial charge in [0.2, 0.25) is 0 Å². The molecule has 0 fully saturated rings. The fourth-order valence-corrected chi connectivity index (χ4v) is 2.47. The van der Waals surface area contributed by atoms with Crippen LogP contribution in [0.25, 0.3) is 0 Å². The van der Waals surface area contributed by atoms with Crippen molar-refractivity contribution in [1.29, 1.82) is 0 Å². The second-order valence-corrected chi connectivity index (χ2v) is 6.65. The third-order valence-corrected chi connectivity index (χ3v) is 5.32. The molecule has 0 aromatic rings. The highest BCUT2D eigenvalue weighted by Gasteiger charge is 2.00. The SMILES string of the molecule is CC(=O)OCCCCCCCCCCC(Br)CBr. The minimum absolute atomic E-state index is 0.163.